The van der Waals surface area contributed by atoms with E-state index in [1.165, 1.54) is 19.0 Å². The molecule has 4 unspecified atom stereocenters. The third-order valence-electron chi connectivity index (χ3n) is 17.3. The fourth-order valence-electron chi connectivity index (χ4n) is 13.3. The molecule has 2 saturated carbocycles. The smallest absolute Gasteiger partial charge is 0.410 e. The number of pyridine rings is 2. The molecule has 10 heterocycles. The molecule has 6 aliphatic rings. The molecule has 0 radical (unpaired) electrons. The van der Waals surface area contributed by atoms with Gasteiger partial charge in [0.05, 0.1) is 35.3 Å². The summed E-state index contributed by atoms with van der Waals surface area (Å²) in [6.45, 7) is 13.2. The number of piperazine rings is 2. The number of nitrogens with zero attached hydrogens (tertiary/aromatic N) is 14. The standard InChI is InChI=1S/C32H42N8O4.C18H26N4O3.C14H17ClN4O/c1-32(2,3)44-31(43)39-23-11-8-12-24(39)19-38(18-23)28(41)20-13-14-26(33-16-20)35-30-34-17-21-15-25(29(42)37(4)5)40(27(21)36-30)22-9-6-7-10-22;1-18(2,3)25-17(24)22-13-5-4-6-14(22)11-21(10-13)16(23)12-7-8-15(19)20-9-12;1-18(2)13(20)11-7-9-8-16-14(15)17-12(9)19(11)10-5-3-4-6-10/h13-17,22-24H,6-12,18-19H2,1-5H3,(H,33,34,35,36);7-9,13-14H,4-6,10-11H2,1-3H3,(H2,19,20);7-8,10H,3-6H2,1-2H3. The fourth-order valence-corrected chi connectivity index (χ4v) is 13.4. The van der Waals surface area contributed by atoms with Gasteiger partial charge in [-0.05, 0) is 154 Å². The van der Waals surface area contributed by atoms with Gasteiger partial charge in [0, 0.05) is 102 Å². The Labute approximate surface area is 524 Å². The molecule has 0 aromatic carbocycles. The number of fused-ring (bicyclic) bond motifs is 6. The van der Waals surface area contributed by atoms with Gasteiger partial charge in [-0.15, -0.1) is 0 Å². The van der Waals surface area contributed by atoms with Crippen molar-refractivity contribution in [1.82, 2.24) is 68.4 Å². The van der Waals surface area contributed by atoms with Gasteiger partial charge in [-0.3, -0.25) is 29.0 Å². The maximum Gasteiger partial charge on any atom is 0.410 e. The summed E-state index contributed by atoms with van der Waals surface area (Å²) in [4.78, 5) is 114. The van der Waals surface area contributed by atoms with Gasteiger partial charge in [-0.2, -0.15) is 9.97 Å². The Balaban J connectivity index is 0.000000163. The normalized spacial score (nSPS) is 20.3. The van der Waals surface area contributed by atoms with E-state index in [1.54, 1.807) is 80.8 Å². The predicted octanol–water partition coefficient (Wildman–Crippen LogP) is 10.2. The topological polar surface area (TPSA) is 266 Å². The molecule has 2 aliphatic carbocycles. The maximum absolute atomic E-state index is 13.5. The molecular weight excluding hydrogens is 1160 g/mol. The Kier molecular flexibility index (Phi) is 19.0. The highest BCUT2D eigenvalue weighted by Gasteiger charge is 2.45. The van der Waals surface area contributed by atoms with Crippen molar-refractivity contribution in [2.24, 2.45) is 0 Å². The highest BCUT2D eigenvalue weighted by Crippen LogP contribution is 2.38. The van der Waals surface area contributed by atoms with E-state index < -0.39 is 11.2 Å². The predicted molar refractivity (Wildman–Crippen MR) is 338 cm³/mol. The van der Waals surface area contributed by atoms with Gasteiger partial charge in [0.25, 0.3) is 23.6 Å². The first-order valence-electron chi connectivity index (χ1n) is 31.2. The molecular formula is C64H85ClN16O8. The lowest BCUT2D eigenvalue weighted by Gasteiger charge is -2.49. The SMILES string of the molecule is CC(C)(C)OC(=O)N1C2CCCC1CN(C(=O)c1ccc(N)nc1)C2.CN(C)C(=O)c1cc2cnc(Cl)nc2n1C1CCCC1.CN(C)C(=O)c1cc2cnc(Nc3ccc(C(=O)N4CC5CCCC(C4)N5C(=O)OC(C)(C)C)cn3)nc2n1C1CCCC1. The third kappa shape index (κ3) is 14.6. The van der Waals surface area contributed by atoms with Gasteiger partial charge in [-0.1, -0.05) is 25.7 Å². The van der Waals surface area contributed by atoms with Crippen molar-refractivity contribution in [2.75, 3.05) is 65.4 Å². The van der Waals surface area contributed by atoms with Crippen molar-refractivity contribution in [3.63, 3.8) is 0 Å². The van der Waals surface area contributed by atoms with Crippen molar-refractivity contribution in [3.05, 3.63) is 89.0 Å². The molecule has 4 bridgehead atoms. The van der Waals surface area contributed by atoms with Gasteiger partial charge in [0.2, 0.25) is 11.2 Å². The Hall–Kier alpha value is -8.15. The second kappa shape index (κ2) is 26.5. The maximum atomic E-state index is 13.5. The van der Waals surface area contributed by atoms with Crippen LogP contribution < -0.4 is 11.1 Å². The van der Waals surface area contributed by atoms with Crippen LogP contribution in [0, 0.1) is 0 Å². The number of hydrogen-bond donors (Lipinski definition) is 2. The van der Waals surface area contributed by atoms with E-state index in [2.05, 4.69) is 39.4 Å². The van der Waals surface area contributed by atoms with Crippen LogP contribution in [-0.4, -0.2) is 194 Å². The van der Waals surface area contributed by atoms with E-state index in [0.29, 0.717) is 72.3 Å². The van der Waals surface area contributed by atoms with E-state index in [1.807, 2.05) is 73.3 Å². The average molecular weight is 1240 g/mol. The number of ether oxygens (including phenoxy) is 2. The number of carbonyl (C=O) groups excluding carboxylic acids is 6. The van der Waals surface area contributed by atoms with Gasteiger partial charge in [0.15, 0.2) is 0 Å². The second-order valence-electron chi connectivity index (χ2n) is 26.7. The number of halogens is 1. The molecule has 6 aromatic rings. The zero-order valence-corrected chi connectivity index (χ0v) is 53.7. The van der Waals surface area contributed by atoms with E-state index >= 15 is 0 Å². The lowest BCUT2D eigenvalue weighted by molar-refractivity contribution is -0.0338. The van der Waals surface area contributed by atoms with Crippen LogP contribution in [0.15, 0.2) is 61.2 Å². The average Bonchev–Trinajstić information content (AvgIpc) is 1.88. The molecule has 25 heteroatoms. The van der Waals surface area contributed by atoms with Gasteiger partial charge in [0.1, 0.15) is 45.5 Å². The van der Waals surface area contributed by atoms with Crippen molar-refractivity contribution >= 4 is 87.1 Å². The number of nitrogens with one attached hydrogen (secondary N) is 1. The number of piperidine rings is 2. The molecule has 4 saturated heterocycles. The molecule has 3 N–H and O–H groups in total. The number of carbonyl (C=O) groups is 6. The van der Waals surface area contributed by atoms with Crippen LogP contribution in [-0.2, 0) is 9.47 Å². The number of anilines is 3. The summed E-state index contributed by atoms with van der Waals surface area (Å²) in [6.07, 6.45) is 20.3. The van der Waals surface area contributed by atoms with Crippen LogP contribution in [0.25, 0.3) is 22.1 Å². The van der Waals surface area contributed by atoms with Crippen LogP contribution in [0.2, 0.25) is 5.28 Å². The van der Waals surface area contributed by atoms with Gasteiger partial charge < -0.3 is 49.3 Å². The summed E-state index contributed by atoms with van der Waals surface area (Å²) in [5.74, 6) is 1.05. The fraction of sp³-hybridized carbons (Fsp3) is 0.562. The highest BCUT2D eigenvalue weighted by molar-refractivity contribution is 6.28. The molecule has 6 amide bonds. The molecule has 12 rings (SSSR count). The summed E-state index contributed by atoms with van der Waals surface area (Å²) in [7, 11) is 7.04. The second-order valence-corrected chi connectivity index (χ2v) is 27.0. The van der Waals surface area contributed by atoms with Crippen molar-refractivity contribution in [1.29, 1.82) is 0 Å². The van der Waals surface area contributed by atoms with Crippen LogP contribution >= 0.6 is 11.6 Å². The monoisotopic (exact) mass is 1240 g/mol. The largest absolute Gasteiger partial charge is 0.444 e. The zero-order chi connectivity index (χ0) is 63.6. The minimum absolute atomic E-state index is 0.00745. The molecule has 4 aliphatic heterocycles. The molecule has 4 atom stereocenters. The first kappa shape index (κ1) is 63.9. The summed E-state index contributed by atoms with van der Waals surface area (Å²) in [6, 6.07) is 11.0. The molecule has 0 spiro atoms. The third-order valence-corrected chi connectivity index (χ3v) is 17.4. The lowest BCUT2D eigenvalue weighted by Crippen LogP contribution is -2.64. The van der Waals surface area contributed by atoms with Gasteiger partial charge in [-0.25, -0.2) is 29.5 Å². The lowest BCUT2D eigenvalue weighted by atomic mass is 9.91. The number of rotatable bonds is 8. The van der Waals surface area contributed by atoms with E-state index in [4.69, 9.17) is 31.8 Å². The zero-order valence-electron chi connectivity index (χ0n) is 52.9. The Bertz CT molecular complexity index is 3540. The highest BCUT2D eigenvalue weighted by atomic mass is 35.5. The Morgan fingerprint density at radius 2 is 0.933 bits per heavy atom. The van der Waals surface area contributed by atoms with Crippen molar-refractivity contribution < 1.29 is 38.2 Å². The number of hydrogen-bond acceptors (Lipinski definition) is 16. The number of nitrogens with two attached hydrogens (primary N) is 1. The van der Waals surface area contributed by atoms with Crippen LogP contribution in [0.4, 0.5) is 27.2 Å². The van der Waals surface area contributed by atoms with Gasteiger partial charge >= 0.3 is 12.2 Å². The number of amides is 6. The summed E-state index contributed by atoms with van der Waals surface area (Å²) in [5, 5.41) is 5.07. The first-order chi connectivity index (χ1) is 42.3. The quantitative estimate of drug-likeness (QED) is 0.134. The molecule has 476 valence electrons. The van der Waals surface area contributed by atoms with E-state index in [9.17, 15) is 28.8 Å². The van der Waals surface area contributed by atoms with Crippen molar-refractivity contribution in [2.45, 2.75) is 179 Å². The van der Waals surface area contributed by atoms with E-state index in [-0.39, 0.29) is 71.3 Å². The minimum atomic E-state index is -0.565. The first-order valence-corrected chi connectivity index (χ1v) is 31.6. The Morgan fingerprint density at radius 1 is 0.528 bits per heavy atom. The summed E-state index contributed by atoms with van der Waals surface area (Å²) in [5.41, 5.74) is 8.30. The van der Waals surface area contributed by atoms with Crippen LogP contribution in [0.5, 0.6) is 0 Å². The molecule has 6 fully saturated rings. The van der Waals surface area contributed by atoms with Crippen LogP contribution in [0.3, 0.4) is 0 Å². The minimum Gasteiger partial charge on any atom is -0.444 e. The van der Waals surface area contributed by atoms with E-state index in [0.717, 1.165) is 99.1 Å². The summed E-state index contributed by atoms with van der Waals surface area (Å²) >= 11 is 5.92. The van der Waals surface area contributed by atoms with Crippen LogP contribution in [0.1, 0.15) is 185 Å². The number of nitrogen functional groups attached to an aromatic ring is 1. The number of aromatic nitrogens is 8. The Morgan fingerprint density at radius 3 is 1.33 bits per heavy atom. The molecule has 24 nitrogen and oxygen atoms in total. The molecule has 89 heavy (non-hydrogen) atoms. The number of likely N-dealkylation sites (tertiary alicyclic amines) is 2. The van der Waals surface area contributed by atoms with Crippen molar-refractivity contribution in [3.8, 4) is 0 Å². The molecule has 6 aromatic heterocycles. The summed E-state index contributed by atoms with van der Waals surface area (Å²) < 4.78 is 15.4.